The first kappa shape index (κ1) is 22.5. The molecule has 0 fully saturated rings. The Kier molecular flexibility index (Phi) is 14.1. The lowest BCUT2D eigenvalue weighted by molar-refractivity contribution is -0.126. The lowest BCUT2D eigenvalue weighted by Crippen LogP contribution is -2.32. The Morgan fingerprint density at radius 3 is 2.04 bits per heavy atom. The van der Waals surface area contributed by atoms with E-state index in [2.05, 4.69) is 10.6 Å². The lowest BCUT2D eigenvalue weighted by atomic mass is 10.1. The molecule has 0 aromatic rings. The van der Waals surface area contributed by atoms with Gasteiger partial charge in [-0.2, -0.15) is 0 Å². The molecule has 2 N–H and O–H groups in total. The van der Waals surface area contributed by atoms with Gasteiger partial charge in [-0.25, -0.2) is 0 Å². The third-order valence-electron chi connectivity index (χ3n) is 2.93. The molecule has 0 atom stereocenters. The fraction of sp³-hybridized carbons (Fsp3) is 0.812. The lowest BCUT2D eigenvalue weighted by Gasteiger charge is -2.08. The molecule has 2 amide bonds. The van der Waals surface area contributed by atoms with Crippen LogP contribution in [0, 0.1) is 5.92 Å². The topological polar surface area (TPSA) is 103 Å². The normalized spacial score (nSPS) is 10.7. The number of carbonyl (C=O) groups excluding carboxylic acids is 3. The van der Waals surface area contributed by atoms with Crippen LogP contribution in [0.15, 0.2) is 0 Å². The summed E-state index contributed by atoms with van der Waals surface area (Å²) in [6, 6.07) is 0. The maximum atomic E-state index is 11.4. The van der Waals surface area contributed by atoms with E-state index < -0.39 is 0 Å². The Bertz CT molecular complexity index is 374. The van der Waals surface area contributed by atoms with E-state index in [-0.39, 0.29) is 30.1 Å². The van der Waals surface area contributed by atoms with Gasteiger partial charge in [-0.1, -0.05) is 13.8 Å². The number of hydrogen-bond donors (Lipinski definition) is 2. The van der Waals surface area contributed by atoms with Crippen LogP contribution < -0.4 is 10.6 Å². The van der Waals surface area contributed by atoms with Crippen molar-refractivity contribution in [2.45, 2.75) is 27.2 Å². The van der Waals surface area contributed by atoms with Crippen molar-refractivity contribution in [1.29, 1.82) is 0 Å². The number of nitrogens with one attached hydrogen (secondary N) is 2. The highest BCUT2D eigenvalue weighted by atomic mass is 16.5. The molecule has 8 heteroatoms. The van der Waals surface area contributed by atoms with E-state index >= 15 is 0 Å². The van der Waals surface area contributed by atoms with Gasteiger partial charge in [0.2, 0.25) is 11.8 Å². The van der Waals surface area contributed by atoms with E-state index in [4.69, 9.17) is 14.2 Å². The third-order valence-corrected chi connectivity index (χ3v) is 2.93. The molecule has 0 aliphatic carbocycles. The highest BCUT2D eigenvalue weighted by molar-refractivity contribution is 5.80. The SMILES string of the molecule is CC(=O)NCCOCC(=O)NCCOCCOCCC(=O)C(C)C. The highest BCUT2D eigenvalue weighted by Gasteiger charge is 2.06. The summed E-state index contributed by atoms with van der Waals surface area (Å²) in [5, 5.41) is 5.22. The van der Waals surface area contributed by atoms with E-state index in [1.54, 1.807) is 0 Å². The Morgan fingerprint density at radius 1 is 0.833 bits per heavy atom. The largest absolute Gasteiger partial charge is 0.379 e. The quantitative estimate of drug-likeness (QED) is 0.402. The second-order valence-electron chi connectivity index (χ2n) is 5.48. The van der Waals surface area contributed by atoms with Crippen molar-refractivity contribution in [3.63, 3.8) is 0 Å². The Hall–Kier alpha value is -1.51. The number of carbonyl (C=O) groups is 3. The van der Waals surface area contributed by atoms with Crippen molar-refractivity contribution in [1.82, 2.24) is 10.6 Å². The number of amides is 2. The van der Waals surface area contributed by atoms with Gasteiger partial charge in [-0.3, -0.25) is 14.4 Å². The molecule has 8 nitrogen and oxygen atoms in total. The highest BCUT2D eigenvalue weighted by Crippen LogP contribution is 1.98. The van der Waals surface area contributed by atoms with Crippen LogP contribution in [0.5, 0.6) is 0 Å². The predicted molar refractivity (Wildman–Crippen MR) is 88.6 cm³/mol. The van der Waals surface area contributed by atoms with Crippen LogP contribution in [-0.2, 0) is 28.6 Å². The number of hydrogen-bond acceptors (Lipinski definition) is 6. The van der Waals surface area contributed by atoms with Gasteiger partial charge < -0.3 is 24.8 Å². The maximum Gasteiger partial charge on any atom is 0.246 e. The zero-order valence-electron chi connectivity index (χ0n) is 14.9. The number of ether oxygens (including phenoxy) is 3. The van der Waals surface area contributed by atoms with Crippen LogP contribution in [0.3, 0.4) is 0 Å². The number of ketones is 1. The molecule has 0 spiro atoms. The molecule has 0 unspecified atom stereocenters. The average Bonchev–Trinajstić information content (AvgIpc) is 2.52. The molecule has 0 aliphatic heterocycles. The summed E-state index contributed by atoms with van der Waals surface area (Å²) in [6.45, 7) is 7.80. The van der Waals surface area contributed by atoms with Gasteiger partial charge in [0, 0.05) is 32.4 Å². The van der Waals surface area contributed by atoms with Gasteiger partial charge >= 0.3 is 0 Å². The maximum absolute atomic E-state index is 11.4. The fourth-order valence-electron chi connectivity index (χ4n) is 1.56. The summed E-state index contributed by atoms with van der Waals surface area (Å²) in [4.78, 5) is 33.3. The van der Waals surface area contributed by atoms with E-state index in [1.165, 1.54) is 6.92 Å². The van der Waals surface area contributed by atoms with Crippen molar-refractivity contribution in [3.8, 4) is 0 Å². The zero-order chi connectivity index (χ0) is 18.2. The molecule has 0 heterocycles. The monoisotopic (exact) mass is 346 g/mol. The molecule has 0 bridgehead atoms. The molecule has 24 heavy (non-hydrogen) atoms. The Balaban J connectivity index is 3.27. The molecule has 0 aliphatic rings. The standard InChI is InChI=1S/C16H30N2O6/c1-13(2)15(20)4-7-22-10-11-23-8-6-18-16(21)12-24-9-5-17-14(3)19/h13H,4-12H2,1-3H3,(H,17,19)(H,18,21). The first-order chi connectivity index (χ1) is 11.4. The second kappa shape index (κ2) is 15.0. The first-order valence-electron chi connectivity index (χ1n) is 8.20. The minimum absolute atomic E-state index is 0.0443. The van der Waals surface area contributed by atoms with Crippen molar-refractivity contribution >= 4 is 17.6 Å². The van der Waals surface area contributed by atoms with E-state index in [1.807, 2.05) is 13.8 Å². The van der Waals surface area contributed by atoms with Gasteiger partial charge in [-0.15, -0.1) is 0 Å². The molecular weight excluding hydrogens is 316 g/mol. The van der Waals surface area contributed by atoms with Crippen LogP contribution >= 0.6 is 0 Å². The van der Waals surface area contributed by atoms with Crippen molar-refractivity contribution in [3.05, 3.63) is 0 Å². The second-order valence-corrected chi connectivity index (χ2v) is 5.48. The van der Waals surface area contributed by atoms with Gasteiger partial charge in [0.15, 0.2) is 0 Å². The minimum Gasteiger partial charge on any atom is -0.379 e. The van der Waals surface area contributed by atoms with Crippen molar-refractivity contribution in [2.75, 3.05) is 52.7 Å². The predicted octanol–water partition coefficient (Wildman–Crippen LogP) is -0.0963. The minimum atomic E-state index is -0.232. The van der Waals surface area contributed by atoms with Crippen LogP contribution in [0.2, 0.25) is 0 Å². The van der Waals surface area contributed by atoms with E-state index in [0.717, 1.165) is 0 Å². The Morgan fingerprint density at radius 2 is 1.42 bits per heavy atom. The van der Waals surface area contributed by atoms with Gasteiger partial charge in [0.25, 0.3) is 0 Å². The molecule has 0 aromatic heterocycles. The average molecular weight is 346 g/mol. The molecule has 0 radical (unpaired) electrons. The van der Waals surface area contributed by atoms with Crippen molar-refractivity contribution in [2.24, 2.45) is 5.92 Å². The summed E-state index contributed by atoms with van der Waals surface area (Å²) >= 11 is 0. The smallest absolute Gasteiger partial charge is 0.246 e. The molecule has 0 saturated carbocycles. The van der Waals surface area contributed by atoms with Crippen LogP contribution in [0.1, 0.15) is 27.2 Å². The summed E-state index contributed by atoms with van der Waals surface area (Å²) in [6.07, 6.45) is 0.426. The molecule has 0 rings (SSSR count). The molecule has 140 valence electrons. The number of rotatable bonds is 15. The summed E-state index contributed by atoms with van der Waals surface area (Å²) in [5.74, 6) is -0.124. The zero-order valence-corrected chi connectivity index (χ0v) is 14.9. The Labute approximate surface area is 143 Å². The van der Waals surface area contributed by atoms with Crippen molar-refractivity contribution < 1.29 is 28.6 Å². The van der Waals surface area contributed by atoms with Crippen LogP contribution in [0.25, 0.3) is 0 Å². The van der Waals surface area contributed by atoms with E-state index in [0.29, 0.717) is 52.5 Å². The molecule has 0 saturated heterocycles. The fourth-order valence-corrected chi connectivity index (χ4v) is 1.56. The van der Waals surface area contributed by atoms with E-state index in [9.17, 15) is 14.4 Å². The van der Waals surface area contributed by atoms with Gasteiger partial charge in [0.1, 0.15) is 12.4 Å². The number of Topliss-reactive ketones (excluding diaryl/α,β-unsaturated/α-hetero) is 1. The van der Waals surface area contributed by atoms with Gasteiger partial charge in [-0.05, 0) is 0 Å². The first-order valence-corrected chi connectivity index (χ1v) is 8.20. The van der Waals surface area contributed by atoms with Gasteiger partial charge in [0.05, 0.1) is 33.0 Å². The third kappa shape index (κ3) is 15.4. The van der Waals surface area contributed by atoms with Crippen LogP contribution in [0.4, 0.5) is 0 Å². The molecular formula is C16H30N2O6. The summed E-state index contributed by atoms with van der Waals surface area (Å²) < 4.78 is 15.7. The van der Waals surface area contributed by atoms with Crippen LogP contribution in [-0.4, -0.2) is 70.3 Å². The molecule has 0 aromatic carbocycles. The summed E-state index contributed by atoms with van der Waals surface area (Å²) in [7, 11) is 0. The summed E-state index contributed by atoms with van der Waals surface area (Å²) in [5.41, 5.74) is 0.